The molecule has 1 amide bonds. The van der Waals surface area contributed by atoms with Crippen LogP contribution in [0.3, 0.4) is 0 Å². The molecule has 0 rings (SSSR count). The largest absolute Gasteiger partial charge is 0.466 e. The fraction of sp³-hybridized carbons (Fsp3) is 0.733. The number of alkyl halides is 10. The first-order valence-corrected chi connectivity index (χ1v) is 9.98. The van der Waals surface area contributed by atoms with Gasteiger partial charge in [-0.1, -0.05) is 20.4 Å². The number of carbonyl (C=O) groups is 2. The number of ether oxygens (including phenoxy) is 2. The molecule has 1 atom stereocenters. The van der Waals surface area contributed by atoms with Crippen LogP contribution in [0.4, 0.5) is 43.9 Å². The summed E-state index contributed by atoms with van der Waals surface area (Å²) < 4.78 is 169. The van der Waals surface area contributed by atoms with E-state index in [0.29, 0.717) is 0 Å². The SMILES string of the molecule is C=C(C(=O)OC(OCCC(F)(F)C(F)(F)S(=O)(=O)O)(C(=O)NCC(C)C)C(F)(F)F)C(F)(F)F. The monoisotopic (exact) mass is 545 g/mol. The number of nitrogens with one attached hydrogen (secondary N) is 1. The molecule has 0 aromatic carbocycles. The minimum Gasteiger partial charge on any atom is -0.412 e. The first-order valence-electron chi connectivity index (χ1n) is 8.54. The molecule has 200 valence electrons. The molecule has 0 aliphatic carbocycles. The van der Waals surface area contributed by atoms with E-state index in [9.17, 15) is 61.9 Å². The van der Waals surface area contributed by atoms with Crippen LogP contribution >= 0.6 is 0 Å². The van der Waals surface area contributed by atoms with Crippen molar-refractivity contribution in [3.8, 4) is 0 Å². The molecule has 1 unspecified atom stereocenters. The number of halogens is 10. The second-order valence-electron chi connectivity index (χ2n) is 6.88. The van der Waals surface area contributed by atoms with Crippen LogP contribution in [-0.4, -0.2) is 67.3 Å². The third kappa shape index (κ3) is 7.17. The van der Waals surface area contributed by atoms with E-state index >= 15 is 0 Å². The van der Waals surface area contributed by atoms with Gasteiger partial charge in [-0.15, -0.1) is 0 Å². The number of hydrogen-bond acceptors (Lipinski definition) is 6. The maximum atomic E-state index is 13.7. The van der Waals surface area contributed by atoms with Crippen molar-refractivity contribution in [1.82, 2.24) is 5.32 Å². The Balaban J connectivity index is 6.26. The molecule has 2 N–H and O–H groups in total. The summed E-state index contributed by atoms with van der Waals surface area (Å²) >= 11 is 0. The number of rotatable bonds is 11. The molecule has 0 aliphatic heterocycles. The summed E-state index contributed by atoms with van der Waals surface area (Å²) in [5.41, 5.74) is -2.58. The van der Waals surface area contributed by atoms with Crippen molar-refractivity contribution in [2.45, 2.75) is 49.6 Å². The Morgan fingerprint density at radius 1 is 1.00 bits per heavy atom. The average molecular weight is 545 g/mol. The number of esters is 1. The summed E-state index contributed by atoms with van der Waals surface area (Å²) in [4.78, 5) is 23.7. The molecular weight excluding hydrogens is 528 g/mol. The predicted octanol–water partition coefficient (Wildman–Crippen LogP) is 3.20. The highest BCUT2D eigenvalue weighted by Crippen LogP contribution is 2.42. The molecular formula is C15H17F10NO7S. The van der Waals surface area contributed by atoms with Crippen LogP contribution in [0, 0.1) is 5.92 Å². The number of amides is 1. The Bertz CT molecular complexity index is 883. The van der Waals surface area contributed by atoms with Crippen LogP contribution in [0.1, 0.15) is 20.3 Å². The van der Waals surface area contributed by atoms with Crippen molar-refractivity contribution in [2.24, 2.45) is 5.92 Å². The van der Waals surface area contributed by atoms with Gasteiger partial charge in [-0.3, -0.25) is 9.35 Å². The van der Waals surface area contributed by atoms with E-state index in [1.807, 2.05) is 0 Å². The fourth-order valence-corrected chi connectivity index (χ4v) is 2.27. The highest BCUT2D eigenvalue weighted by atomic mass is 32.2. The van der Waals surface area contributed by atoms with Crippen LogP contribution in [0.15, 0.2) is 12.2 Å². The molecule has 0 radical (unpaired) electrons. The highest BCUT2D eigenvalue weighted by Gasteiger charge is 2.69. The zero-order chi connectivity index (χ0) is 27.6. The van der Waals surface area contributed by atoms with Gasteiger partial charge in [0.2, 0.25) is 0 Å². The van der Waals surface area contributed by atoms with Gasteiger partial charge in [0.25, 0.3) is 0 Å². The summed E-state index contributed by atoms with van der Waals surface area (Å²) in [5, 5.41) is -4.77. The predicted molar refractivity (Wildman–Crippen MR) is 89.9 cm³/mol. The Hall–Kier alpha value is -2.15. The van der Waals surface area contributed by atoms with E-state index < -0.39 is 82.4 Å². The second-order valence-corrected chi connectivity index (χ2v) is 8.34. The Labute approximate surface area is 185 Å². The standard InChI is InChI=1S/C15H17F10NO7S/c1-7(2)6-26-10(28)12(14(21,22)23,33-9(27)8(3)13(18,19)20)32-5-4-11(16,17)15(24,25)34(29,30)31/h7H,3-6H2,1-2H3,(H,26,28)(H,29,30,31). The molecule has 0 saturated carbocycles. The summed E-state index contributed by atoms with van der Waals surface area (Å²) in [6.45, 7) is 1.81. The van der Waals surface area contributed by atoms with E-state index in [1.165, 1.54) is 19.2 Å². The van der Waals surface area contributed by atoms with E-state index in [2.05, 4.69) is 16.1 Å². The van der Waals surface area contributed by atoms with Gasteiger partial charge in [-0.25, -0.2) is 4.79 Å². The van der Waals surface area contributed by atoms with Crippen LogP contribution in [-0.2, 0) is 29.2 Å². The van der Waals surface area contributed by atoms with Gasteiger partial charge in [0.1, 0.15) is 5.57 Å². The third-order valence-corrected chi connectivity index (χ3v) is 4.59. The minimum atomic E-state index is -6.80. The molecule has 0 aromatic heterocycles. The normalized spacial score (nSPS) is 15.6. The highest BCUT2D eigenvalue weighted by molar-refractivity contribution is 7.87. The van der Waals surface area contributed by atoms with Gasteiger partial charge in [0, 0.05) is 13.0 Å². The van der Waals surface area contributed by atoms with Crippen molar-refractivity contribution in [3.63, 3.8) is 0 Å². The maximum Gasteiger partial charge on any atom is 0.466 e. The molecule has 0 aromatic rings. The smallest absolute Gasteiger partial charge is 0.412 e. The molecule has 34 heavy (non-hydrogen) atoms. The van der Waals surface area contributed by atoms with E-state index in [0.717, 1.165) is 0 Å². The fourth-order valence-electron chi connectivity index (χ4n) is 1.79. The minimum absolute atomic E-state index is 0.617. The molecule has 0 fully saturated rings. The first-order chi connectivity index (χ1) is 14.8. The van der Waals surface area contributed by atoms with Gasteiger partial charge < -0.3 is 14.8 Å². The molecule has 0 aliphatic rings. The van der Waals surface area contributed by atoms with Crippen LogP contribution in [0.2, 0.25) is 0 Å². The van der Waals surface area contributed by atoms with Gasteiger partial charge in [0.05, 0.1) is 6.61 Å². The lowest BCUT2D eigenvalue weighted by Gasteiger charge is -2.34. The average Bonchev–Trinajstić information content (AvgIpc) is 2.61. The first kappa shape index (κ1) is 31.9. The zero-order valence-corrected chi connectivity index (χ0v) is 17.8. The van der Waals surface area contributed by atoms with E-state index in [4.69, 9.17) is 4.55 Å². The zero-order valence-electron chi connectivity index (χ0n) is 17.0. The van der Waals surface area contributed by atoms with Gasteiger partial charge >= 0.3 is 51.3 Å². The van der Waals surface area contributed by atoms with E-state index in [-0.39, 0.29) is 0 Å². The maximum absolute atomic E-state index is 13.7. The second kappa shape index (κ2) is 10.2. The summed E-state index contributed by atoms with van der Waals surface area (Å²) in [6, 6.07) is 0. The molecule has 0 spiro atoms. The lowest BCUT2D eigenvalue weighted by Crippen LogP contribution is -2.62. The lowest BCUT2D eigenvalue weighted by atomic mass is 10.1. The van der Waals surface area contributed by atoms with E-state index in [1.54, 1.807) is 0 Å². The number of hydrogen-bond donors (Lipinski definition) is 2. The van der Waals surface area contributed by atoms with Crippen molar-refractivity contribution in [2.75, 3.05) is 13.2 Å². The van der Waals surface area contributed by atoms with Gasteiger partial charge in [0.15, 0.2) is 0 Å². The molecule has 19 heteroatoms. The Kier molecular flexibility index (Phi) is 9.58. The van der Waals surface area contributed by atoms with Crippen molar-refractivity contribution >= 4 is 22.0 Å². The van der Waals surface area contributed by atoms with Crippen molar-refractivity contribution in [1.29, 1.82) is 0 Å². The quantitative estimate of drug-likeness (QED) is 0.135. The number of carbonyl (C=O) groups excluding carboxylic acids is 2. The third-order valence-electron chi connectivity index (χ3n) is 3.64. The molecule has 8 nitrogen and oxygen atoms in total. The Morgan fingerprint density at radius 2 is 1.47 bits per heavy atom. The van der Waals surface area contributed by atoms with Crippen LogP contribution < -0.4 is 5.32 Å². The summed E-state index contributed by atoms with van der Waals surface area (Å²) in [6.07, 6.45) is -14.6. The molecule has 0 bridgehead atoms. The lowest BCUT2D eigenvalue weighted by molar-refractivity contribution is -0.350. The van der Waals surface area contributed by atoms with Crippen molar-refractivity contribution in [3.05, 3.63) is 12.2 Å². The van der Waals surface area contributed by atoms with Gasteiger partial charge in [-0.05, 0) is 5.92 Å². The van der Waals surface area contributed by atoms with Crippen LogP contribution in [0.25, 0.3) is 0 Å². The summed E-state index contributed by atoms with van der Waals surface area (Å²) in [5.74, 6) is -17.0. The molecule has 0 saturated heterocycles. The Morgan fingerprint density at radius 3 is 1.82 bits per heavy atom. The topological polar surface area (TPSA) is 119 Å². The molecule has 0 heterocycles. The van der Waals surface area contributed by atoms with Crippen LogP contribution in [0.5, 0.6) is 0 Å². The van der Waals surface area contributed by atoms with Crippen molar-refractivity contribution < 1.29 is 75.9 Å². The summed E-state index contributed by atoms with van der Waals surface area (Å²) in [7, 11) is -6.80. The van der Waals surface area contributed by atoms with Gasteiger partial charge in [-0.2, -0.15) is 52.3 Å².